The van der Waals surface area contributed by atoms with Gasteiger partial charge in [-0.2, -0.15) is 0 Å². The third-order valence-corrected chi connectivity index (χ3v) is 6.04. The Balaban J connectivity index is 1.88. The quantitative estimate of drug-likeness (QED) is 0.242. The van der Waals surface area contributed by atoms with Crippen molar-refractivity contribution < 1.29 is 29.0 Å². The monoisotopic (exact) mass is 523 g/mol. The molecule has 1 aromatic heterocycles. The lowest BCUT2D eigenvalue weighted by Gasteiger charge is -2.22. The molecule has 0 aliphatic carbocycles. The number of halogens is 1. The Kier molecular flexibility index (Phi) is 7.30. The zero-order chi connectivity index (χ0) is 26.7. The number of phenolic OH excluding ortho intramolecular Hbond substituents is 1. The van der Waals surface area contributed by atoms with Crippen LogP contribution >= 0.6 is 11.6 Å². The molecule has 0 fully saturated rings. The van der Waals surface area contributed by atoms with Gasteiger partial charge in [-0.25, -0.2) is 0 Å². The van der Waals surface area contributed by atoms with Crippen LogP contribution in [0.3, 0.4) is 0 Å². The van der Waals surface area contributed by atoms with Crippen LogP contribution in [0.4, 0.5) is 5.69 Å². The molecule has 37 heavy (non-hydrogen) atoms. The molecule has 0 unspecified atom stereocenters. The highest BCUT2D eigenvalue weighted by Gasteiger charge is 2.28. The Morgan fingerprint density at radius 3 is 2.27 bits per heavy atom. The maximum Gasteiger partial charge on any atom is 0.279 e. The van der Waals surface area contributed by atoms with Crippen molar-refractivity contribution in [3.8, 4) is 23.0 Å². The van der Waals surface area contributed by atoms with E-state index in [4.69, 9.17) is 25.8 Å². The molecule has 1 heterocycles. The third-order valence-electron chi connectivity index (χ3n) is 5.79. The number of hydrogen-bond acceptors (Lipinski definition) is 8. The van der Waals surface area contributed by atoms with E-state index in [0.717, 1.165) is 0 Å². The van der Waals surface area contributed by atoms with E-state index in [-0.39, 0.29) is 45.0 Å². The number of pyridine rings is 1. The van der Waals surface area contributed by atoms with E-state index < -0.39 is 16.9 Å². The molecule has 0 aliphatic rings. The van der Waals surface area contributed by atoms with Gasteiger partial charge in [0.1, 0.15) is 11.3 Å². The Morgan fingerprint density at radius 1 is 1.05 bits per heavy atom. The fraction of sp³-hybridized carbons (Fsp3) is 0.154. The van der Waals surface area contributed by atoms with E-state index in [1.807, 2.05) is 0 Å². The molecule has 0 aliphatic heterocycles. The molecular formula is C26H22ClN3O7. The number of aromatic nitrogens is 1. The van der Waals surface area contributed by atoms with Crippen LogP contribution in [0.25, 0.3) is 10.9 Å². The van der Waals surface area contributed by atoms with Crippen LogP contribution in [0.15, 0.2) is 60.8 Å². The summed E-state index contributed by atoms with van der Waals surface area (Å²) < 4.78 is 16.0. The molecule has 11 heteroatoms. The second kappa shape index (κ2) is 10.6. The van der Waals surface area contributed by atoms with Crippen LogP contribution in [-0.2, 0) is 0 Å². The number of amides is 1. The van der Waals surface area contributed by atoms with E-state index in [9.17, 15) is 20.0 Å². The van der Waals surface area contributed by atoms with Crippen molar-refractivity contribution in [3.63, 3.8) is 0 Å². The van der Waals surface area contributed by atoms with Crippen LogP contribution in [0.1, 0.15) is 27.5 Å². The number of nitro groups is 1. The SMILES string of the molecule is COc1cc(C(=O)N[C@H](c2ccc(Cl)cc2)c2cc([N+](=O)[O-])c3cccnc3c2O)cc(OC)c1OC. The predicted octanol–water partition coefficient (Wildman–Crippen LogP) is 5.05. The van der Waals surface area contributed by atoms with Crippen LogP contribution < -0.4 is 19.5 Å². The number of non-ortho nitro benzene ring substituents is 1. The number of benzene rings is 3. The lowest BCUT2D eigenvalue weighted by Crippen LogP contribution is -2.29. The lowest BCUT2D eigenvalue weighted by molar-refractivity contribution is -0.383. The van der Waals surface area contributed by atoms with Gasteiger partial charge in [-0.1, -0.05) is 23.7 Å². The number of ether oxygens (including phenoxy) is 3. The fourth-order valence-electron chi connectivity index (χ4n) is 4.02. The summed E-state index contributed by atoms with van der Waals surface area (Å²) in [5, 5.41) is 26.5. The number of hydrogen-bond donors (Lipinski definition) is 2. The lowest BCUT2D eigenvalue weighted by atomic mass is 9.95. The Morgan fingerprint density at radius 2 is 1.70 bits per heavy atom. The number of fused-ring (bicyclic) bond motifs is 1. The molecule has 1 atom stereocenters. The number of carbonyl (C=O) groups excluding carboxylic acids is 1. The number of phenols is 1. The van der Waals surface area contributed by atoms with Gasteiger partial charge in [0.15, 0.2) is 11.5 Å². The third kappa shape index (κ3) is 4.91. The molecule has 2 N–H and O–H groups in total. The standard InChI is InChI=1S/C26H22ClN3O7/c1-35-20-11-15(12-21(36-2)25(20)37-3)26(32)29-22(14-6-8-16(27)9-7-14)18-13-19(30(33)34)17-5-4-10-28-23(17)24(18)31/h4-13,22,31H,1-3H3,(H,29,32)/t22-/m1/s1. The van der Waals surface area contributed by atoms with Gasteiger partial charge in [0.2, 0.25) is 5.75 Å². The van der Waals surface area contributed by atoms with Gasteiger partial charge < -0.3 is 24.6 Å². The van der Waals surface area contributed by atoms with E-state index in [2.05, 4.69) is 10.3 Å². The molecule has 3 aromatic carbocycles. The van der Waals surface area contributed by atoms with E-state index in [1.165, 1.54) is 57.9 Å². The normalized spacial score (nSPS) is 11.6. The molecule has 1 amide bonds. The molecule has 0 saturated carbocycles. The van der Waals surface area contributed by atoms with Crippen molar-refractivity contribution in [2.75, 3.05) is 21.3 Å². The fourth-order valence-corrected chi connectivity index (χ4v) is 4.15. The number of nitrogens with zero attached hydrogens (tertiary/aromatic N) is 2. The zero-order valence-corrected chi connectivity index (χ0v) is 20.8. The van der Waals surface area contributed by atoms with Crippen molar-refractivity contribution in [3.05, 3.63) is 92.6 Å². The van der Waals surface area contributed by atoms with E-state index >= 15 is 0 Å². The first-order valence-electron chi connectivity index (χ1n) is 10.9. The summed E-state index contributed by atoms with van der Waals surface area (Å²) in [6, 6.07) is 12.7. The van der Waals surface area contributed by atoms with Gasteiger partial charge >= 0.3 is 0 Å². The van der Waals surface area contributed by atoms with Gasteiger partial charge in [-0.15, -0.1) is 0 Å². The first kappa shape index (κ1) is 25.5. The van der Waals surface area contributed by atoms with Crippen LogP contribution in [0.2, 0.25) is 5.02 Å². The minimum atomic E-state index is -1.01. The average Bonchev–Trinajstić information content (AvgIpc) is 2.91. The van der Waals surface area contributed by atoms with Crippen molar-refractivity contribution in [2.45, 2.75) is 6.04 Å². The van der Waals surface area contributed by atoms with Gasteiger partial charge in [0.05, 0.1) is 37.7 Å². The highest BCUT2D eigenvalue weighted by Crippen LogP contribution is 2.41. The summed E-state index contributed by atoms with van der Waals surface area (Å²) in [4.78, 5) is 28.9. The Bertz CT molecular complexity index is 1470. The smallest absolute Gasteiger partial charge is 0.279 e. The topological polar surface area (TPSA) is 133 Å². The van der Waals surface area contributed by atoms with Crippen LogP contribution in [0.5, 0.6) is 23.0 Å². The molecule has 0 bridgehead atoms. The van der Waals surface area contributed by atoms with Gasteiger partial charge in [0, 0.05) is 28.4 Å². The van der Waals surface area contributed by atoms with Crippen LogP contribution in [-0.4, -0.2) is 42.3 Å². The predicted molar refractivity (Wildman–Crippen MR) is 137 cm³/mol. The number of carbonyl (C=O) groups is 1. The first-order valence-corrected chi connectivity index (χ1v) is 11.3. The number of rotatable bonds is 8. The number of nitro benzene ring substituents is 1. The highest BCUT2D eigenvalue weighted by atomic mass is 35.5. The zero-order valence-electron chi connectivity index (χ0n) is 20.0. The summed E-state index contributed by atoms with van der Waals surface area (Å²) in [6.45, 7) is 0. The molecule has 190 valence electrons. The maximum absolute atomic E-state index is 13.5. The van der Waals surface area contributed by atoms with Crippen molar-refractivity contribution in [1.29, 1.82) is 0 Å². The summed E-state index contributed by atoms with van der Waals surface area (Å²) in [5.41, 5.74) is 0.539. The summed E-state index contributed by atoms with van der Waals surface area (Å²) >= 11 is 6.06. The molecule has 10 nitrogen and oxygen atoms in total. The van der Waals surface area contributed by atoms with Gasteiger partial charge in [-0.3, -0.25) is 19.9 Å². The molecule has 0 saturated heterocycles. The van der Waals surface area contributed by atoms with Crippen molar-refractivity contribution >= 4 is 34.1 Å². The van der Waals surface area contributed by atoms with E-state index in [1.54, 1.807) is 24.3 Å². The van der Waals surface area contributed by atoms with Gasteiger partial charge in [-0.05, 0) is 42.0 Å². The Labute approximate surface area is 216 Å². The second-order valence-electron chi connectivity index (χ2n) is 7.86. The minimum absolute atomic E-state index is 0.0349. The summed E-state index contributed by atoms with van der Waals surface area (Å²) in [5.74, 6) is -0.0229. The maximum atomic E-state index is 13.5. The summed E-state index contributed by atoms with van der Waals surface area (Å²) in [6.07, 6.45) is 1.42. The van der Waals surface area contributed by atoms with Crippen molar-refractivity contribution in [2.24, 2.45) is 0 Å². The summed E-state index contributed by atoms with van der Waals surface area (Å²) in [7, 11) is 4.30. The molecule has 0 radical (unpaired) electrons. The number of methoxy groups -OCH3 is 3. The molecule has 4 rings (SSSR count). The molecule has 0 spiro atoms. The second-order valence-corrected chi connectivity index (χ2v) is 8.30. The van der Waals surface area contributed by atoms with Gasteiger partial charge in [0.25, 0.3) is 11.6 Å². The average molecular weight is 524 g/mol. The highest BCUT2D eigenvalue weighted by molar-refractivity contribution is 6.30. The molecular weight excluding hydrogens is 502 g/mol. The number of aromatic hydroxyl groups is 1. The number of nitrogens with one attached hydrogen (secondary N) is 1. The van der Waals surface area contributed by atoms with Crippen molar-refractivity contribution in [1.82, 2.24) is 10.3 Å². The minimum Gasteiger partial charge on any atom is -0.505 e. The first-order chi connectivity index (χ1) is 17.8. The van der Waals surface area contributed by atoms with Crippen LogP contribution in [0, 0.1) is 10.1 Å². The largest absolute Gasteiger partial charge is 0.505 e. The van der Waals surface area contributed by atoms with E-state index in [0.29, 0.717) is 16.3 Å². The Hall–Kier alpha value is -4.57. The molecule has 4 aromatic rings.